The van der Waals surface area contributed by atoms with E-state index in [4.69, 9.17) is 0 Å². The lowest BCUT2D eigenvalue weighted by Crippen LogP contribution is -2.34. The summed E-state index contributed by atoms with van der Waals surface area (Å²) in [6, 6.07) is 10.1. The number of aryl methyl sites for hydroxylation is 2. The highest BCUT2D eigenvalue weighted by atomic mass is 16.3. The number of phenolic OH excluding ortho intramolecular Hbond substituents is 1. The van der Waals surface area contributed by atoms with Gasteiger partial charge in [-0.3, -0.25) is 14.2 Å². The molecule has 1 unspecified atom stereocenters. The summed E-state index contributed by atoms with van der Waals surface area (Å²) < 4.78 is 3.47. The van der Waals surface area contributed by atoms with Gasteiger partial charge in [-0.25, -0.2) is 0 Å². The molecule has 1 aromatic carbocycles. The molecular weight excluding hydrogens is 318 g/mol. The second-order valence-corrected chi connectivity index (χ2v) is 6.02. The summed E-state index contributed by atoms with van der Waals surface area (Å²) in [4.78, 5) is 12.8. The molecule has 0 spiro atoms. The quantitative estimate of drug-likeness (QED) is 0.743. The van der Waals surface area contributed by atoms with E-state index in [-0.39, 0.29) is 17.7 Å². The maximum atomic E-state index is 12.8. The number of aromatic hydroxyl groups is 1. The minimum Gasteiger partial charge on any atom is -0.508 e. The lowest BCUT2D eigenvalue weighted by atomic mass is 9.99. The number of hydrogen-bond acceptors (Lipinski definition) is 4. The molecule has 0 radical (unpaired) electrons. The van der Waals surface area contributed by atoms with Crippen molar-refractivity contribution in [1.82, 2.24) is 24.9 Å². The van der Waals surface area contributed by atoms with Gasteiger partial charge in [0.2, 0.25) is 5.91 Å². The van der Waals surface area contributed by atoms with Gasteiger partial charge in [0, 0.05) is 26.5 Å². The SMILES string of the molecule is CC(C(=O)NC(c1ccnn1C)c1ccnn1C)c1cccc(O)c1. The predicted molar refractivity (Wildman–Crippen MR) is 92.9 cm³/mol. The molecule has 0 bridgehead atoms. The number of aromatic nitrogens is 4. The number of carbonyl (C=O) groups excluding carboxylic acids is 1. The van der Waals surface area contributed by atoms with Gasteiger partial charge in [0.05, 0.1) is 17.3 Å². The Balaban J connectivity index is 1.89. The Labute approximate surface area is 145 Å². The zero-order chi connectivity index (χ0) is 18.0. The first kappa shape index (κ1) is 16.8. The highest BCUT2D eigenvalue weighted by molar-refractivity contribution is 5.84. The second-order valence-electron chi connectivity index (χ2n) is 6.02. The van der Waals surface area contributed by atoms with Crippen molar-refractivity contribution in [2.75, 3.05) is 0 Å². The van der Waals surface area contributed by atoms with E-state index in [2.05, 4.69) is 15.5 Å². The van der Waals surface area contributed by atoms with Crippen molar-refractivity contribution < 1.29 is 9.90 Å². The summed E-state index contributed by atoms with van der Waals surface area (Å²) in [7, 11) is 3.67. The van der Waals surface area contributed by atoms with E-state index in [1.54, 1.807) is 40.0 Å². The van der Waals surface area contributed by atoms with Crippen molar-refractivity contribution in [3.8, 4) is 5.75 Å². The zero-order valence-electron chi connectivity index (χ0n) is 14.4. The lowest BCUT2D eigenvalue weighted by molar-refractivity contribution is -0.122. The molecule has 7 heteroatoms. The lowest BCUT2D eigenvalue weighted by Gasteiger charge is -2.22. The van der Waals surface area contributed by atoms with Crippen LogP contribution in [0.25, 0.3) is 0 Å². The minimum atomic E-state index is -0.406. The molecule has 2 heterocycles. The molecule has 7 nitrogen and oxygen atoms in total. The number of nitrogens with zero attached hydrogens (tertiary/aromatic N) is 4. The van der Waals surface area contributed by atoms with Gasteiger partial charge in [0.15, 0.2) is 0 Å². The first-order valence-corrected chi connectivity index (χ1v) is 8.02. The molecule has 3 rings (SSSR count). The fraction of sp³-hybridized carbons (Fsp3) is 0.278. The average molecular weight is 339 g/mol. The number of nitrogens with one attached hydrogen (secondary N) is 1. The maximum absolute atomic E-state index is 12.8. The Morgan fingerprint density at radius 3 is 2.16 bits per heavy atom. The Morgan fingerprint density at radius 1 is 1.08 bits per heavy atom. The standard InChI is InChI=1S/C18H21N5O2/c1-12(13-5-4-6-14(24)11-13)18(25)21-17(15-7-9-19-22(15)2)16-8-10-20-23(16)3/h4-12,17,24H,1-3H3,(H,21,25). The number of hydrogen-bond donors (Lipinski definition) is 2. The monoisotopic (exact) mass is 339 g/mol. The Morgan fingerprint density at radius 2 is 1.68 bits per heavy atom. The molecule has 130 valence electrons. The average Bonchev–Trinajstić information content (AvgIpc) is 3.20. The molecular formula is C18H21N5O2. The molecule has 2 N–H and O–H groups in total. The van der Waals surface area contributed by atoms with E-state index in [9.17, 15) is 9.90 Å². The Hall–Kier alpha value is -3.09. The number of phenols is 1. The van der Waals surface area contributed by atoms with Crippen LogP contribution in [-0.2, 0) is 18.9 Å². The van der Waals surface area contributed by atoms with Gasteiger partial charge in [0.25, 0.3) is 0 Å². The van der Waals surface area contributed by atoms with Gasteiger partial charge in [-0.2, -0.15) is 10.2 Å². The van der Waals surface area contributed by atoms with Crippen LogP contribution in [0.3, 0.4) is 0 Å². The summed E-state index contributed by atoms with van der Waals surface area (Å²) in [6.07, 6.45) is 3.40. The van der Waals surface area contributed by atoms with Crippen LogP contribution in [0.1, 0.15) is 35.8 Å². The molecule has 0 fully saturated rings. The van der Waals surface area contributed by atoms with Crippen LogP contribution in [-0.4, -0.2) is 30.6 Å². The predicted octanol–water partition coefficient (Wildman–Crippen LogP) is 1.87. The van der Waals surface area contributed by atoms with Crippen LogP contribution in [0, 0.1) is 0 Å². The van der Waals surface area contributed by atoms with E-state index < -0.39 is 5.92 Å². The molecule has 0 aliphatic rings. The number of benzene rings is 1. The van der Waals surface area contributed by atoms with E-state index in [0.29, 0.717) is 0 Å². The third-order valence-electron chi connectivity index (χ3n) is 4.36. The van der Waals surface area contributed by atoms with Crippen molar-refractivity contribution in [3.05, 3.63) is 65.7 Å². The molecule has 0 saturated carbocycles. The summed E-state index contributed by atoms with van der Waals surface area (Å²) in [5.41, 5.74) is 2.48. The van der Waals surface area contributed by atoms with Gasteiger partial charge < -0.3 is 10.4 Å². The van der Waals surface area contributed by atoms with Gasteiger partial charge in [-0.15, -0.1) is 0 Å². The van der Waals surface area contributed by atoms with Crippen molar-refractivity contribution in [3.63, 3.8) is 0 Å². The molecule has 1 amide bonds. The van der Waals surface area contributed by atoms with E-state index in [1.807, 2.05) is 39.2 Å². The smallest absolute Gasteiger partial charge is 0.228 e. The summed E-state index contributed by atoms with van der Waals surface area (Å²) >= 11 is 0. The number of amides is 1. The minimum absolute atomic E-state index is 0.141. The van der Waals surface area contributed by atoms with E-state index in [0.717, 1.165) is 17.0 Å². The van der Waals surface area contributed by atoms with Crippen LogP contribution in [0.4, 0.5) is 0 Å². The van der Waals surface area contributed by atoms with Gasteiger partial charge in [-0.05, 0) is 36.8 Å². The molecule has 3 aromatic rings. The van der Waals surface area contributed by atoms with Crippen LogP contribution < -0.4 is 5.32 Å². The van der Waals surface area contributed by atoms with E-state index in [1.165, 1.54) is 0 Å². The first-order valence-electron chi connectivity index (χ1n) is 8.02. The Kier molecular flexibility index (Phi) is 4.56. The summed E-state index contributed by atoms with van der Waals surface area (Å²) in [5, 5.41) is 21.1. The second kappa shape index (κ2) is 6.80. The fourth-order valence-electron chi connectivity index (χ4n) is 2.85. The van der Waals surface area contributed by atoms with Gasteiger partial charge in [0.1, 0.15) is 11.8 Å². The van der Waals surface area contributed by atoms with Gasteiger partial charge >= 0.3 is 0 Å². The number of carbonyl (C=O) groups is 1. The van der Waals surface area contributed by atoms with E-state index >= 15 is 0 Å². The first-order chi connectivity index (χ1) is 12.0. The zero-order valence-corrected chi connectivity index (χ0v) is 14.4. The van der Waals surface area contributed by atoms with Crippen molar-refractivity contribution in [2.45, 2.75) is 18.9 Å². The van der Waals surface area contributed by atoms with Crippen molar-refractivity contribution in [1.29, 1.82) is 0 Å². The molecule has 0 saturated heterocycles. The largest absolute Gasteiger partial charge is 0.508 e. The van der Waals surface area contributed by atoms with Crippen LogP contribution in [0.5, 0.6) is 5.75 Å². The molecule has 0 aliphatic carbocycles. The summed E-state index contributed by atoms with van der Waals surface area (Å²) in [6.45, 7) is 1.81. The van der Waals surface area contributed by atoms with Crippen molar-refractivity contribution in [2.24, 2.45) is 14.1 Å². The van der Waals surface area contributed by atoms with Crippen LogP contribution in [0.2, 0.25) is 0 Å². The number of rotatable bonds is 5. The normalized spacial score (nSPS) is 12.3. The summed E-state index contributed by atoms with van der Waals surface area (Å²) in [5.74, 6) is -0.402. The fourth-order valence-corrected chi connectivity index (χ4v) is 2.85. The third kappa shape index (κ3) is 3.40. The molecule has 0 aliphatic heterocycles. The van der Waals surface area contributed by atoms with Crippen LogP contribution in [0.15, 0.2) is 48.8 Å². The molecule has 1 atom stereocenters. The van der Waals surface area contributed by atoms with Crippen LogP contribution >= 0.6 is 0 Å². The topological polar surface area (TPSA) is 85.0 Å². The highest BCUT2D eigenvalue weighted by Gasteiger charge is 2.25. The van der Waals surface area contributed by atoms with Gasteiger partial charge in [-0.1, -0.05) is 12.1 Å². The maximum Gasteiger partial charge on any atom is 0.228 e. The van der Waals surface area contributed by atoms with Crippen molar-refractivity contribution >= 4 is 5.91 Å². The third-order valence-corrected chi connectivity index (χ3v) is 4.36. The molecule has 25 heavy (non-hydrogen) atoms. The Bertz CT molecular complexity index is 843. The molecule has 2 aromatic heterocycles. The highest BCUT2D eigenvalue weighted by Crippen LogP contribution is 2.24.